The molecule has 0 bridgehead atoms. The molecule has 0 unspecified atom stereocenters. The van der Waals surface area contributed by atoms with Crippen LogP contribution in [0.15, 0.2) is 29.3 Å². The lowest BCUT2D eigenvalue weighted by atomic mass is 10.1. The van der Waals surface area contributed by atoms with Gasteiger partial charge in [-0.05, 0) is 37.3 Å². The zero-order valence-electron chi connectivity index (χ0n) is 15.4. The van der Waals surface area contributed by atoms with E-state index < -0.39 is 0 Å². The molecule has 6 heteroatoms. The van der Waals surface area contributed by atoms with Gasteiger partial charge < -0.3 is 15.5 Å². The Labute approximate surface area is 168 Å². The first-order valence-corrected chi connectivity index (χ1v) is 9.11. The Morgan fingerprint density at radius 3 is 2.44 bits per heavy atom. The van der Waals surface area contributed by atoms with E-state index in [0.29, 0.717) is 19.5 Å². The van der Waals surface area contributed by atoms with Gasteiger partial charge in [-0.2, -0.15) is 0 Å². The Morgan fingerprint density at radius 1 is 1.12 bits per heavy atom. The van der Waals surface area contributed by atoms with Gasteiger partial charge in [-0.3, -0.25) is 4.79 Å². The third-order valence-corrected chi connectivity index (χ3v) is 4.34. The summed E-state index contributed by atoms with van der Waals surface area (Å²) in [7, 11) is 0. The monoisotopic (exact) mass is 458 g/mol. The average molecular weight is 458 g/mol. The molecular formula is C19H31IN4O. The van der Waals surface area contributed by atoms with E-state index in [-0.39, 0.29) is 29.9 Å². The molecule has 1 aliphatic rings. The standard InChI is InChI=1S/C19H30N4O.HI/c1-3-16-9-5-6-10-17(16)15-22-19(20-4-2)21-12-11-18(24)23-13-7-8-14-23;/h5-6,9-10H,3-4,7-8,11-15H2,1-2H3,(H2,20,21,22);1H. The Balaban J connectivity index is 0.00000312. The molecule has 1 amide bonds. The topological polar surface area (TPSA) is 56.7 Å². The van der Waals surface area contributed by atoms with Crippen LogP contribution in [0.2, 0.25) is 0 Å². The van der Waals surface area contributed by atoms with E-state index in [9.17, 15) is 4.79 Å². The second-order valence-electron chi connectivity index (χ2n) is 6.08. The van der Waals surface area contributed by atoms with Crippen LogP contribution in [0.3, 0.4) is 0 Å². The van der Waals surface area contributed by atoms with E-state index in [4.69, 9.17) is 0 Å². The van der Waals surface area contributed by atoms with Crippen LogP contribution in [0.5, 0.6) is 0 Å². The molecule has 0 aliphatic carbocycles. The number of hydrogen-bond donors (Lipinski definition) is 2. The van der Waals surface area contributed by atoms with E-state index in [1.54, 1.807) is 0 Å². The Hall–Kier alpha value is -1.31. The molecule has 0 saturated carbocycles. The van der Waals surface area contributed by atoms with E-state index >= 15 is 0 Å². The summed E-state index contributed by atoms with van der Waals surface area (Å²) in [6.07, 6.45) is 3.82. The first-order valence-electron chi connectivity index (χ1n) is 9.11. The van der Waals surface area contributed by atoms with Gasteiger partial charge >= 0.3 is 0 Å². The summed E-state index contributed by atoms with van der Waals surface area (Å²) >= 11 is 0. The van der Waals surface area contributed by atoms with Gasteiger partial charge in [0.1, 0.15) is 0 Å². The van der Waals surface area contributed by atoms with Crippen LogP contribution in [0.1, 0.15) is 44.2 Å². The number of benzene rings is 1. The van der Waals surface area contributed by atoms with Crippen LogP contribution >= 0.6 is 24.0 Å². The van der Waals surface area contributed by atoms with Gasteiger partial charge in [-0.1, -0.05) is 31.2 Å². The van der Waals surface area contributed by atoms with Crippen LogP contribution in [-0.2, 0) is 17.8 Å². The smallest absolute Gasteiger partial charge is 0.224 e. The van der Waals surface area contributed by atoms with Gasteiger partial charge in [0.15, 0.2) is 5.96 Å². The van der Waals surface area contributed by atoms with E-state index in [1.807, 2.05) is 11.8 Å². The normalized spacial score (nSPS) is 14.2. The Bertz CT molecular complexity index is 556. The lowest BCUT2D eigenvalue weighted by molar-refractivity contribution is -0.129. The van der Waals surface area contributed by atoms with Crippen LogP contribution in [-0.4, -0.2) is 42.9 Å². The molecular weight excluding hydrogens is 427 g/mol. The van der Waals surface area contributed by atoms with E-state index in [2.05, 4.69) is 46.8 Å². The zero-order chi connectivity index (χ0) is 17.2. The van der Waals surface area contributed by atoms with Crippen molar-refractivity contribution in [1.29, 1.82) is 0 Å². The highest BCUT2D eigenvalue weighted by molar-refractivity contribution is 14.0. The number of guanidine groups is 1. The van der Waals surface area contributed by atoms with E-state index in [1.165, 1.54) is 11.1 Å². The van der Waals surface area contributed by atoms with Gasteiger partial charge in [-0.25, -0.2) is 4.99 Å². The summed E-state index contributed by atoms with van der Waals surface area (Å²) in [5.74, 6) is 1.02. The fraction of sp³-hybridized carbons (Fsp3) is 0.579. The fourth-order valence-corrected chi connectivity index (χ4v) is 2.98. The van der Waals surface area contributed by atoms with Crippen molar-refractivity contribution in [3.63, 3.8) is 0 Å². The molecule has 1 aliphatic heterocycles. The summed E-state index contributed by atoms with van der Waals surface area (Å²) in [6.45, 7) is 8.13. The Kier molecular flexibility index (Phi) is 10.5. The maximum atomic E-state index is 12.1. The SMILES string of the molecule is CCNC(=NCc1ccccc1CC)NCCC(=O)N1CCCC1.I. The molecule has 0 radical (unpaired) electrons. The molecule has 1 heterocycles. The zero-order valence-corrected chi connectivity index (χ0v) is 17.7. The molecule has 1 aromatic carbocycles. The van der Waals surface area contributed by atoms with Crippen LogP contribution in [0.4, 0.5) is 0 Å². The van der Waals surface area contributed by atoms with Gasteiger partial charge in [0.25, 0.3) is 0 Å². The molecule has 25 heavy (non-hydrogen) atoms. The number of rotatable bonds is 7. The molecule has 2 rings (SSSR count). The first kappa shape index (κ1) is 21.7. The third-order valence-electron chi connectivity index (χ3n) is 4.34. The predicted molar refractivity (Wildman–Crippen MR) is 114 cm³/mol. The van der Waals surface area contributed by atoms with Gasteiger partial charge in [0.05, 0.1) is 6.54 Å². The molecule has 2 N–H and O–H groups in total. The van der Waals surface area contributed by atoms with Crippen LogP contribution in [0.25, 0.3) is 0 Å². The van der Waals surface area contributed by atoms with Crippen molar-refractivity contribution < 1.29 is 4.79 Å². The van der Waals surface area contributed by atoms with Crippen molar-refractivity contribution in [2.24, 2.45) is 4.99 Å². The quantitative estimate of drug-likeness (QED) is 0.376. The number of amides is 1. The van der Waals surface area contributed by atoms with Gasteiger partial charge in [0, 0.05) is 32.6 Å². The molecule has 5 nitrogen and oxygen atoms in total. The lowest BCUT2D eigenvalue weighted by Crippen LogP contribution is -2.39. The van der Waals surface area contributed by atoms with E-state index in [0.717, 1.165) is 44.9 Å². The summed E-state index contributed by atoms with van der Waals surface area (Å²) in [5.41, 5.74) is 2.59. The van der Waals surface area contributed by atoms with Crippen molar-refractivity contribution >= 4 is 35.8 Å². The summed E-state index contributed by atoms with van der Waals surface area (Å²) in [6, 6.07) is 8.40. The largest absolute Gasteiger partial charge is 0.357 e. The number of aliphatic imine (C=N–C) groups is 1. The first-order chi connectivity index (χ1) is 11.7. The molecule has 140 valence electrons. The summed E-state index contributed by atoms with van der Waals surface area (Å²) in [4.78, 5) is 18.7. The van der Waals surface area contributed by atoms with Crippen LogP contribution < -0.4 is 10.6 Å². The molecule has 0 aromatic heterocycles. The van der Waals surface area contributed by atoms with Crippen molar-refractivity contribution in [3.05, 3.63) is 35.4 Å². The average Bonchev–Trinajstić information content (AvgIpc) is 3.14. The molecule has 1 aromatic rings. The number of carbonyl (C=O) groups excluding carboxylic acids is 1. The number of likely N-dealkylation sites (tertiary alicyclic amines) is 1. The van der Waals surface area contributed by atoms with Crippen molar-refractivity contribution in [3.8, 4) is 0 Å². The number of aryl methyl sites for hydroxylation is 1. The number of nitrogens with zero attached hydrogens (tertiary/aromatic N) is 2. The number of carbonyl (C=O) groups is 1. The summed E-state index contributed by atoms with van der Waals surface area (Å²) < 4.78 is 0. The van der Waals surface area contributed by atoms with Crippen molar-refractivity contribution in [2.75, 3.05) is 26.2 Å². The minimum absolute atomic E-state index is 0. The fourth-order valence-electron chi connectivity index (χ4n) is 2.98. The lowest BCUT2D eigenvalue weighted by Gasteiger charge is -2.16. The highest BCUT2D eigenvalue weighted by atomic mass is 127. The maximum absolute atomic E-state index is 12.1. The van der Waals surface area contributed by atoms with Gasteiger partial charge in [-0.15, -0.1) is 24.0 Å². The highest BCUT2D eigenvalue weighted by Gasteiger charge is 2.17. The molecule has 1 fully saturated rings. The molecule has 0 atom stereocenters. The Morgan fingerprint density at radius 2 is 1.80 bits per heavy atom. The molecule has 0 spiro atoms. The van der Waals surface area contributed by atoms with Gasteiger partial charge in [0.2, 0.25) is 5.91 Å². The second-order valence-corrected chi connectivity index (χ2v) is 6.08. The predicted octanol–water partition coefficient (Wildman–Crippen LogP) is 2.93. The minimum Gasteiger partial charge on any atom is -0.357 e. The minimum atomic E-state index is 0. The number of nitrogens with one attached hydrogen (secondary N) is 2. The van der Waals surface area contributed by atoms with Crippen molar-refractivity contribution in [1.82, 2.24) is 15.5 Å². The van der Waals surface area contributed by atoms with Crippen LogP contribution in [0, 0.1) is 0 Å². The van der Waals surface area contributed by atoms with Crippen molar-refractivity contribution in [2.45, 2.75) is 46.1 Å². The maximum Gasteiger partial charge on any atom is 0.224 e. The molecule has 1 saturated heterocycles. The number of hydrogen-bond acceptors (Lipinski definition) is 2. The second kappa shape index (κ2) is 12.1. The highest BCUT2D eigenvalue weighted by Crippen LogP contribution is 2.10. The third kappa shape index (κ3) is 7.22. The summed E-state index contributed by atoms with van der Waals surface area (Å²) in [5, 5.41) is 6.52. The number of halogens is 1.